The van der Waals surface area contributed by atoms with Gasteiger partial charge in [0.25, 0.3) is 10.0 Å². The average Bonchev–Trinajstić information content (AvgIpc) is 3.44. The number of thiol groups is 1. The van der Waals surface area contributed by atoms with Crippen LogP contribution in [0.1, 0.15) is 45.2 Å². The van der Waals surface area contributed by atoms with E-state index in [1.807, 2.05) is 26.8 Å². The molecule has 0 spiro atoms. The van der Waals surface area contributed by atoms with Crippen LogP contribution in [0.4, 0.5) is 5.69 Å². The molecule has 0 unspecified atom stereocenters. The Hall–Kier alpha value is -2.02. The highest BCUT2D eigenvalue weighted by molar-refractivity contribution is 7.91. The predicted octanol–water partition coefficient (Wildman–Crippen LogP) is 3.44. The van der Waals surface area contributed by atoms with Crippen molar-refractivity contribution in [1.82, 2.24) is 9.03 Å². The average molecular weight is 486 g/mol. The van der Waals surface area contributed by atoms with Crippen molar-refractivity contribution in [2.75, 3.05) is 13.1 Å². The van der Waals surface area contributed by atoms with E-state index in [-0.39, 0.29) is 33.0 Å². The molecule has 2 aromatic heterocycles. The number of hydrogen-bond donors (Lipinski definition) is 4. The summed E-state index contributed by atoms with van der Waals surface area (Å²) < 4.78 is 34.6. The standard InChI is InChI=1S/C19H27N5O4S3/c1-19(2,3)15(12-6-9-28-10-12)22-17(23-29)16(20)21-13-11-30-18(14(13)25)31(26,27)24-7-4-5-8-24/h6,9-11,15,25,29H,4-5,7-8H2,1-3H3,(H2,20,21)(H,22,23)/t15-/m0/s1. The number of thiophene rings is 1. The Morgan fingerprint density at radius 3 is 2.61 bits per heavy atom. The van der Waals surface area contributed by atoms with Crippen molar-refractivity contribution in [3.63, 3.8) is 0 Å². The van der Waals surface area contributed by atoms with E-state index in [1.54, 1.807) is 12.5 Å². The van der Waals surface area contributed by atoms with Crippen LogP contribution in [-0.2, 0) is 10.0 Å². The van der Waals surface area contributed by atoms with Crippen molar-refractivity contribution < 1.29 is 17.9 Å². The van der Waals surface area contributed by atoms with E-state index in [0.717, 1.165) is 29.7 Å². The van der Waals surface area contributed by atoms with E-state index in [9.17, 15) is 13.5 Å². The quantitative estimate of drug-likeness (QED) is 0.291. The van der Waals surface area contributed by atoms with E-state index < -0.39 is 15.8 Å². The molecule has 1 atom stereocenters. The highest BCUT2D eigenvalue weighted by atomic mass is 32.2. The number of nitrogens with zero attached hydrogens (tertiary/aromatic N) is 3. The number of sulfonamides is 1. The molecule has 3 rings (SSSR count). The topological polar surface area (TPSA) is 134 Å². The first kappa shape index (κ1) is 23.6. The zero-order chi connectivity index (χ0) is 22.8. The first-order valence-corrected chi connectivity index (χ1v) is 12.5. The van der Waals surface area contributed by atoms with Gasteiger partial charge in [-0.15, -0.1) is 11.3 Å². The molecule has 1 aliphatic heterocycles. The fraction of sp³-hybridized carbons (Fsp3) is 0.474. The smallest absolute Gasteiger partial charge is 0.256 e. The van der Waals surface area contributed by atoms with Gasteiger partial charge in [0.2, 0.25) is 0 Å². The highest BCUT2D eigenvalue weighted by Gasteiger charge is 2.32. The summed E-state index contributed by atoms with van der Waals surface area (Å²) in [6.07, 6.45) is 4.80. The van der Waals surface area contributed by atoms with Gasteiger partial charge in [-0.05, 0) is 24.3 Å². The van der Waals surface area contributed by atoms with Crippen molar-refractivity contribution in [2.45, 2.75) is 43.9 Å². The van der Waals surface area contributed by atoms with Crippen molar-refractivity contribution >= 4 is 51.5 Å². The fourth-order valence-corrected chi connectivity index (χ4v) is 6.34. The lowest BCUT2D eigenvalue weighted by atomic mass is 9.84. The van der Waals surface area contributed by atoms with Gasteiger partial charge >= 0.3 is 0 Å². The SMILES string of the molecule is CC(C)(C)[C@@H](N=C(NS)C(N)=Nc1csc(S(=O)(=O)N2CCCC2)c1O)c1ccoc1. The molecule has 0 bridgehead atoms. The van der Waals surface area contributed by atoms with Gasteiger partial charge in [0.1, 0.15) is 5.69 Å². The van der Waals surface area contributed by atoms with Crippen LogP contribution in [0.15, 0.2) is 42.6 Å². The van der Waals surface area contributed by atoms with E-state index >= 15 is 0 Å². The highest BCUT2D eigenvalue weighted by Crippen LogP contribution is 2.41. The Bertz CT molecular complexity index is 1060. The molecule has 1 aliphatic rings. The minimum Gasteiger partial charge on any atom is -0.504 e. The minimum absolute atomic E-state index is 0.0361. The summed E-state index contributed by atoms with van der Waals surface area (Å²) in [6.45, 7) is 6.97. The molecule has 0 aromatic carbocycles. The normalized spacial score (nSPS) is 17.8. The van der Waals surface area contributed by atoms with Crippen LogP contribution in [0.2, 0.25) is 0 Å². The van der Waals surface area contributed by atoms with Crippen molar-refractivity contribution in [1.29, 1.82) is 0 Å². The Morgan fingerprint density at radius 1 is 1.39 bits per heavy atom. The predicted molar refractivity (Wildman–Crippen MR) is 126 cm³/mol. The van der Waals surface area contributed by atoms with E-state index in [1.165, 1.54) is 9.69 Å². The van der Waals surface area contributed by atoms with Crippen LogP contribution in [0.25, 0.3) is 0 Å². The fourth-order valence-electron chi connectivity index (χ4n) is 3.30. The Morgan fingerprint density at radius 2 is 2.06 bits per heavy atom. The molecule has 1 fully saturated rings. The number of nitrogens with one attached hydrogen (secondary N) is 1. The van der Waals surface area contributed by atoms with Gasteiger partial charge < -0.3 is 20.0 Å². The van der Waals surface area contributed by atoms with Crippen molar-refractivity contribution in [3.8, 4) is 5.75 Å². The molecule has 0 saturated carbocycles. The number of furan rings is 1. The van der Waals surface area contributed by atoms with Crippen LogP contribution in [0.3, 0.4) is 0 Å². The van der Waals surface area contributed by atoms with Crippen LogP contribution >= 0.6 is 24.2 Å². The first-order valence-electron chi connectivity index (χ1n) is 9.71. The van der Waals surface area contributed by atoms with Gasteiger partial charge in [-0.1, -0.05) is 33.6 Å². The van der Waals surface area contributed by atoms with Crippen molar-refractivity contribution in [2.24, 2.45) is 21.1 Å². The number of hydrogen-bond acceptors (Lipinski definition) is 8. The zero-order valence-corrected chi connectivity index (χ0v) is 20.1. The zero-order valence-electron chi connectivity index (χ0n) is 17.6. The van der Waals surface area contributed by atoms with Gasteiger partial charge in [0.05, 0.1) is 18.6 Å². The third kappa shape index (κ3) is 5.08. The number of amidine groups is 2. The lowest BCUT2D eigenvalue weighted by Crippen LogP contribution is -2.33. The summed E-state index contributed by atoms with van der Waals surface area (Å²) in [6, 6.07) is 1.51. The van der Waals surface area contributed by atoms with Gasteiger partial charge in [0.15, 0.2) is 21.6 Å². The molecule has 3 heterocycles. The summed E-state index contributed by atoms with van der Waals surface area (Å²) in [5.41, 5.74) is 6.79. The second-order valence-corrected chi connectivity index (χ2v) is 11.5. The van der Waals surface area contributed by atoms with Crippen LogP contribution < -0.4 is 10.5 Å². The first-order chi connectivity index (χ1) is 14.6. The Labute approximate surface area is 191 Å². The second-order valence-electron chi connectivity index (χ2n) is 8.28. The molecule has 12 heteroatoms. The Balaban J connectivity index is 1.94. The lowest BCUT2D eigenvalue weighted by molar-refractivity contribution is 0.327. The lowest BCUT2D eigenvalue weighted by Gasteiger charge is -2.27. The molecular formula is C19H27N5O4S3. The van der Waals surface area contributed by atoms with Gasteiger partial charge in [-0.25, -0.2) is 13.4 Å². The number of rotatable bonds is 5. The maximum absolute atomic E-state index is 12.8. The minimum atomic E-state index is -3.76. The van der Waals surface area contributed by atoms with Crippen molar-refractivity contribution in [3.05, 3.63) is 29.5 Å². The number of aromatic hydroxyl groups is 1. The van der Waals surface area contributed by atoms with Crippen LogP contribution in [-0.4, -0.2) is 42.6 Å². The van der Waals surface area contributed by atoms with Crippen LogP contribution in [0.5, 0.6) is 5.75 Å². The third-order valence-electron chi connectivity index (χ3n) is 4.88. The summed E-state index contributed by atoms with van der Waals surface area (Å²) >= 11 is 5.01. The second kappa shape index (κ2) is 9.23. The molecule has 4 N–H and O–H groups in total. The monoisotopic (exact) mass is 485 g/mol. The van der Waals surface area contributed by atoms with Gasteiger partial charge in [0, 0.05) is 24.0 Å². The summed E-state index contributed by atoms with van der Waals surface area (Å²) in [7, 11) is -3.76. The van der Waals surface area contributed by atoms with Gasteiger partial charge in [-0.2, -0.15) is 4.31 Å². The molecule has 9 nitrogen and oxygen atoms in total. The number of nitrogens with two attached hydrogens (primary N) is 1. The molecule has 2 aromatic rings. The molecule has 0 radical (unpaired) electrons. The number of aliphatic imine (C=N–C) groups is 2. The van der Waals surface area contributed by atoms with E-state index in [2.05, 4.69) is 27.5 Å². The maximum atomic E-state index is 12.8. The van der Waals surface area contributed by atoms with E-state index in [0.29, 0.717) is 13.1 Å². The molecule has 0 aliphatic carbocycles. The maximum Gasteiger partial charge on any atom is 0.256 e. The summed E-state index contributed by atoms with van der Waals surface area (Å²) in [5, 5.41) is 12.0. The molecule has 1 saturated heterocycles. The molecule has 31 heavy (non-hydrogen) atoms. The van der Waals surface area contributed by atoms with Crippen LogP contribution in [0, 0.1) is 5.41 Å². The largest absolute Gasteiger partial charge is 0.504 e. The van der Waals surface area contributed by atoms with E-state index in [4.69, 9.17) is 10.2 Å². The summed E-state index contributed by atoms with van der Waals surface area (Å²) in [5.74, 6) is -0.259. The molecular weight excluding hydrogens is 458 g/mol. The molecule has 170 valence electrons. The summed E-state index contributed by atoms with van der Waals surface area (Å²) in [4.78, 5) is 8.87. The Kier molecular flexibility index (Phi) is 7.04. The third-order valence-corrected chi connectivity index (χ3v) is 8.47. The van der Waals surface area contributed by atoms with Gasteiger partial charge in [-0.3, -0.25) is 4.99 Å². The molecule has 0 amide bonds.